The van der Waals surface area contributed by atoms with Crippen LogP contribution in [0, 0.1) is 0 Å². The van der Waals surface area contributed by atoms with E-state index in [-0.39, 0.29) is 32.3 Å². The molecule has 0 spiro atoms. The summed E-state index contributed by atoms with van der Waals surface area (Å²) in [7, 11) is 0. The normalized spacial score (nSPS) is 10.9. The van der Waals surface area contributed by atoms with Crippen LogP contribution >= 0.6 is 23.2 Å². The number of nitrogens with zero attached hydrogens (tertiary/aromatic N) is 3. The maximum Gasteiger partial charge on any atom is 0.263 e. The Balaban J connectivity index is 1.73. The molecule has 1 amide bonds. The lowest BCUT2D eigenvalue weighted by Crippen LogP contribution is -2.23. The number of rotatable bonds is 4. The van der Waals surface area contributed by atoms with E-state index in [9.17, 15) is 14.7 Å². The second kappa shape index (κ2) is 8.14. The zero-order valence-electron chi connectivity index (χ0n) is 15.3. The molecule has 9 heteroatoms. The van der Waals surface area contributed by atoms with Gasteiger partial charge in [-0.25, -0.2) is 4.98 Å². The molecule has 0 unspecified atom stereocenters. The number of hydrogen-bond donors (Lipinski definition) is 2. The van der Waals surface area contributed by atoms with Crippen molar-refractivity contribution in [3.63, 3.8) is 0 Å². The number of carbonyl (C=O) groups excluding carboxylic acids is 1. The largest absolute Gasteiger partial charge is 0.505 e. The van der Waals surface area contributed by atoms with Crippen molar-refractivity contribution in [3.8, 4) is 5.75 Å². The fraction of sp³-hybridized carbons (Fsp3) is 0.0476. The van der Waals surface area contributed by atoms with Crippen molar-refractivity contribution in [1.29, 1.82) is 0 Å². The Morgan fingerprint density at radius 3 is 2.60 bits per heavy atom. The maximum atomic E-state index is 13.1. The number of pyridine rings is 1. The number of hydrogen-bond acceptors (Lipinski definition) is 5. The molecule has 30 heavy (non-hydrogen) atoms. The monoisotopic (exact) mass is 440 g/mol. The van der Waals surface area contributed by atoms with Crippen molar-refractivity contribution >= 4 is 45.7 Å². The van der Waals surface area contributed by atoms with Crippen LogP contribution in [0.2, 0.25) is 10.0 Å². The standard InChI is InChI=1S/C21H14Cl2N4O3/c22-14-7-13(8-15(23)19(14)28)20(29)26-17-5-1-4-16-18(17)21(30)27(11-25-16)10-12-3-2-6-24-9-12/h1-9,11,28H,10H2,(H,26,29). The molecule has 0 fully saturated rings. The van der Waals surface area contributed by atoms with Crippen LogP contribution in [0.25, 0.3) is 10.9 Å². The van der Waals surface area contributed by atoms with Gasteiger partial charge in [0, 0.05) is 18.0 Å². The zero-order chi connectivity index (χ0) is 21.3. The van der Waals surface area contributed by atoms with Crippen LogP contribution in [0.15, 0.2) is 66.0 Å². The first-order chi connectivity index (χ1) is 14.4. The van der Waals surface area contributed by atoms with Crippen LogP contribution < -0.4 is 10.9 Å². The molecule has 4 rings (SSSR count). The van der Waals surface area contributed by atoms with Gasteiger partial charge >= 0.3 is 0 Å². The molecule has 7 nitrogen and oxygen atoms in total. The van der Waals surface area contributed by atoms with Crippen LogP contribution in [-0.2, 0) is 6.54 Å². The summed E-state index contributed by atoms with van der Waals surface area (Å²) in [6.45, 7) is 0.293. The molecule has 0 atom stereocenters. The van der Waals surface area contributed by atoms with E-state index in [1.165, 1.54) is 23.0 Å². The number of benzene rings is 2. The van der Waals surface area contributed by atoms with Crippen LogP contribution in [0.4, 0.5) is 5.69 Å². The number of aromatic hydroxyl groups is 1. The van der Waals surface area contributed by atoms with E-state index in [1.54, 1.807) is 36.7 Å². The SMILES string of the molecule is O=C(Nc1cccc2ncn(Cc3cccnc3)c(=O)c12)c1cc(Cl)c(O)c(Cl)c1. The highest BCUT2D eigenvalue weighted by molar-refractivity contribution is 6.37. The topological polar surface area (TPSA) is 97.1 Å². The highest BCUT2D eigenvalue weighted by Crippen LogP contribution is 2.33. The fourth-order valence-electron chi connectivity index (χ4n) is 3.00. The molecule has 150 valence electrons. The molecule has 0 saturated carbocycles. The predicted molar refractivity (Wildman–Crippen MR) is 115 cm³/mol. The molecule has 2 heterocycles. The summed E-state index contributed by atoms with van der Waals surface area (Å²) in [6, 6.07) is 11.2. The van der Waals surface area contributed by atoms with Gasteiger partial charge in [0.2, 0.25) is 0 Å². The van der Waals surface area contributed by atoms with Crippen molar-refractivity contribution in [1.82, 2.24) is 14.5 Å². The quantitative estimate of drug-likeness (QED) is 0.497. The molecule has 2 N–H and O–H groups in total. The Kier molecular flexibility index (Phi) is 5.39. The Hall–Kier alpha value is -3.42. The van der Waals surface area contributed by atoms with Crippen molar-refractivity contribution in [2.45, 2.75) is 6.54 Å². The zero-order valence-corrected chi connectivity index (χ0v) is 16.9. The van der Waals surface area contributed by atoms with Gasteiger partial charge in [0.1, 0.15) is 0 Å². The molecule has 0 saturated heterocycles. The smallest absolute Gasteiger partial charge is 0.263 e. The fourth-order valence-corrected chi connectivity index (χ4v) is 3.48. The molecule has 0 aliphatic heterocycles. The van der Waals surface area contributed by atoms with E-state index in [2.05, 4.69) is 15.3 Å². The Bertz CT molecular complexity index is 1300. The first-order valence-electron chi connectivity index (χ1n) is 8.80. The molecule has 2 aromatic heterocycles. The average molecular weight is 441 g/mol. The molecule has 0 radical (unpaired) electrons. The summed E-state index contributed by atoms with van der Waals surface area (Å²) < 4.78 is 1.45. The van der Waals surface area contributed by atoms with Crippen molar-refractivity contribution < 1.29 is 9.90 Å². The van der Waals surface area contributed by atoms with Gasteiger partial charge in [-0.15, -0.1) is 0 Å². The second-order valence-corrected chi connectivity index (χ2v) is 7.30. The number of halogens is 2. The van der Waals surface area contributed by atoms with E-state index in [4.69, 9.17) is 23.2 Å². The maximum absolute atomic E-state index is 13.1. The lowest BCUT2D eigenvalue weighted by Gasteiger charge is -2.11. The van der Waals surface area contributed by atoms with E-state index in [1.807, 2.05) is 6.07 Å². The van der Waals surface area contributed by atoms with Gasteiger partial charge in [-0.05, 0) is 35.9 Å². The summed E-state index contributed by atoms with van der Waals surface area (Å²) in [5, 5.41) is 12.6. The number of phenols is 1. The minimum absolute atomic E-state index is 0.0499. The van der Waals surface area contributed by atoms with Gasteiger partial charge < -0.3 is 10.4 Å². The number of anilines is 1. The van der Waals surface area contributed by atoms with E-state index in [0.717, 1.165) is 5.56 Å². The third-order valence-corrected chi connectivity index (χ3v) is 5.03. The molecule has 2 aromatic carbocycles. The highest BCUT2D eigenvalue weighted by Gasteiger charge is 2.16. The molecule has 0 aliphatic rings. The first-order valence-corrected chi connectivity index (χ1v) is 9.56. The van der Waals surface area contributed by atoms with Gasteiger partial charge in [-0.1, -0.05) is 35.3 Å². The average Bonchev–Trinajstić information content (AvgIpc) is 2.74. The summed E-state index contributed by atoms with van der Waals surface area (Å²) >= 11 is 11.8. The first kappa shape index (κ1) is 19.9. The number of fused-ring (bicyclic) bond motifs is 1. The van der Waals surface area contributed by atoms with E-state index in [0.29, 0.717) is 17.7 Å². The minimum Gasteiger partial charge on any atom is -0.505 e. The summed E-state index contributed by atoms with van der Waals surface area (Å²) in [6.07, 6.45) is 4.78. The van der Waals surface area contributed by atoms with Gasteiger partial charge in [-0.2, -0.15) is 0 Å². The Morgan fingerprint density at radius 2 is 1.90 bits per heavy atom. The summed E-state index contributed by atoms with van der Waals surface area (Å²) in [4.78, 5) is 34.2. The van der Waals surface area contributed by atoms with Crippen LogP contribution in [-0.4, -0.2) is 25.5 Å². The van der Waals surface area contributed by atoms with Crippen molar-refractivity contribution in [2.24, 2.45) is 0 Å². The Labute approximate surface area is 180 Å². The van der Waals surface area contributed by atoms with Crippen molar-refractivity contribution in [2.75, 3.05) is 5.32 Å². The summed E-state index contributed by atoms with van der Waals surface area (Å²) in [5.41, 5.74) is 1.43. The molecular weight excluding hydrogens is 427 g/mol. The third kappa shape index (κ3) is 3.85. The highest BCUT2D eigenvalue weighted by atomic mass is 35.5. The van der Waals surface area contributed by atoms with E-state index >= 15 is 0 Å². The molecule has 0 bridgehead atoms. The summed E-state index contributed by atoms with van der Waals surface area (Å²) in [5.74, 6) is -0.837. The number of phenolic OH excluding ortho intramolecular Hbond substituents is 1. The third-order valence-electron chi connectivity index (χ3n) is 4.46. The van der Waals surface area contributed by atoms with Gasteiger partial charge in [0.05, 0.1) is 39.5 Å². The van der Waals surface area contributed by atoms with E-state index < -0.39 is 5.91 Å². The van der Waals surface area contributed by atoms with Crippen molar-refractivity contribution in [3.05, 3.63) is 92.7 Å². The number of carbonyl (C=O) groups is 1. The van der Waals surface area contributed by atoms with Crippen LogP contribution in [0.1, 0.15) is 15.9 Å². The minimum atomic E-state index is -0.534. The molecular formula is C21H14Cl2N4O3. The lowest BCUT2D eigenvalue weighted by molar-refractivity contribution is 0.102. The number of aromatic nitrogens is 3. The number of nitrogens with one attached hydrogen (secondary N) is 1. The van der Waals surface area contributed by atoms with Gasteiger partial charge in [-0.3, -0.25) is 19.1 Å². The van der Waals surface area contributed by atoms with Gasteiger partial charge in [0.15, 0.2) is 5.75 Å². The predicted octanol–water partition coefficient (Wildman–Crippen LogP) is 4.10. The second-order valence-electron chi connectivity index (χ2n) is 6.48. The molecule has 4 aromatic rings. The van der Waals surface area contributed by atoms with Crippen LogP contribution in [0.3, 0.4) is 0 Å². The molecule has 0 aliphatic carbocycles. The van der Waals surface area contributed by atoms with Crippen LogP contribution in [0.5, 0.6) is 5.75 Å². The van der Waals surface area contributed by atoms with Gasteiger partial charge in [0.25, 0.3) is 11.5 Å². The Morgan fingerprint density at radius 1 is 1.13 bits per heavy atom. The lowest BCUT2D eigenvalue weighted by atomic mass is 10.1. The number of amides is 1.